The molecule has 0 spiro atoms. The fourth-order valence-electron chi connectivity index (χ4n) is 1.36. The molecule has 0 radical (unpaired) electrons. The van der Waals surface area contributed by atoms with Crippen LogP contribution in [0.4, 0.5) is 0 Å². The van der Waals surface area contributed by atoms with E-state index >= 15 is 0 Å². The molecule has 0 saturated heterocycles. The number of hydrogen-bond acceptors (Lipinski definition) is 2. The Morgan fingerprint density at radius 2 is 2.00 bits per heavy atom. The van der Waals surface area contributed by atoms with Crippen molar-refractivity contribution in [2.75, 3.05) is 11.6 Å². The van der Waals surface area contributed by atoms with Crippen LogP contribution in [-0.2, 0) is 0 Å². The van der Waals surface area contributed by atoms with Crippen molar-refractivity contribution in [3.8, 4) is 0 Å². The van der Waals surface area contributed by atoms with Crippen molar-refractivity contribution in [2.45, 2.75) is 11.4 Å². The third-order valence-electron chi connectivity index (χ3n) is 2.10. The molecule has 0 aliphatic heterocycles. The number of para-hydroxylation sites is 1. The van der Waals surface area contributed by atoms with E-state index < -0.39 is 0 Å². The molecule has 0 saturated carbocycles. The molecule has 78 valence electrons. The molecule has 1 heterocycles. The Bertz CT molecular complexity index is 444. The van der Waals surface area contributed by atoms with Crippen molar-refractivity contribution < 1.29 is 0 Å². The summed E-state index contributed by atoms with van der Waals surface area (Å²) in [6.45, 7) is 0. The maximum absolute atomic E-state index is 5.63. The zero-order chi connectivity index (χ0) is 10.5. The number of fused-ring (bicyclic) bond motifs is 1. The number of alkyl halides is 1. The van der Waals surface area contributed by atoms with Crippen LogP contribution in [0.15, 0.2) is 41.4 Å². The summed E-state index contributed by atoms with van der Waals surface area (Å²) in [5, 5.41) is 2.28. The third kappa shape index (κ3) is 2.86. The summed E-state index contributed by atoms with van der Waals surface area (Å²) in [6.07, 6.45) is 1.03. The summed E-state index contributed by atoms with van der Waals surface area (Å²) >= 11 is 7.39. The quantitative estimate of drug-likeness (QED) is 0.454. The monoisotopic (exact) mass is 237 g/mol. The number of thioether (sulfide) groups is 1. The SMILES string of the molecule is ClCCCSc1ccc2ccccc2n1. The van der Waals surface area contributed by atoms with Gasteiger partial charge >= 0.3 is 0 Å². The molecule has 3 heteroatoms. The zero-order valence-corrected chi connectivity index (χ0v) is 9.89. The summed E-state index contributed by atoms with van der Waals surface area (Å²) in [7, 11) is 0. The van der Waals surface area contributed by atoms with Gasteiger partial charge in [0.15, 0.2) is 0 Å². The number of benzene rings is 1. The van der Waals surface area contributed by atoms with Gasteiger partial charge in [0.2, 0.25) is 0 Å². The van der Waals surface area contributed by atoms with Crippen molar-refractivity contribution in [3.05, 3.63) is 36.4 Å². The molecular formula is C12H12ClNS. The fourth-order valence-corrected chi connectivity index (χ4v) is 2.48. The van der Waals surface area contributed by atoms with Crippen molar-refractivity contribution >= 4 is 34.3 Å². The van der Waals surface area contributed by atoms with Crippen molar-refractivity contribution in [1.82, 2.24) is 4.98 Å². The van der Waals surface area contributed by atoms with Gasteiger partial charge in [0, 0.05) is 17.0 Å². The lowest BCUT2D eigenvalue weighted by Crippen LogP contribution is -1.85. The predicted molar refractivity (Wildman–Crippen MR) is 67.8 cm³/mol. The van der Waals surface area contributed by atoms with Gasteiger partial charge in [-0.15, -0.1) is 23.4 Å². The Balaban J connectivity index is 2.16. The number of rotatable bonds is 4. The lowest BCUT2D eigenvalue weighted by atomic mass is 10.2. The fraction of sp³-hybridized carbons (Fsp3) is 0.250. The Kier molecular flexibility index (Phi) is 3.87. The Morgan fingerprint density at radius 1 is 1.13 bits per heavy atom. The second-order valence-corrected chi connectivity index (χ2v) is 4.73. The lowest BCUT2D eigenvalue weighted by Gasteiger charge is -2.01. The Hall–Kier alpha value is -0.730. The van der Waals surface area contributed by atoms with Gasteiger partial charge in [0.25, 0.3) is 0 Å². The highest BCUT2D eigenvalue weighted by molar-refractivity contribution is 7.99. The van der Waals surface area contributed by atoms with Crippen molar-refractivity contribution in [2.24, 2.45) is 0 Å². The van der Waals surface area contributed by atoms with Crippen LogP contribution in [0.25, 0.3) is 10.9 Å². The van der Waals surface area contributed by atoms with Crippen LogP contribution in [0.5, 0.6) is 0 Å². The van der Waals surface area contributed by atoms with E-state index in [2.05, 4.69) is 23.2 Å². The Labute approximate surface area is 98.9 Å². The molecule has 0 atom stereocenters. The molecule has 0 unspecified atom stereocenters. The van der Waals surface area contributed by atoms with E-state index in [-0.39, 0.29) is 0 Å². The number of pyridine rings is 1. The van der Waals surface area contributed by atoms with Gasteiger partial charge in [0.1, 0.15) is 0 Å². The maximum atomic E-state index is 5.63. The number of nitrogens with zero attached hydrogens (tertiary/aromatic N) is 1. The molecular weight excluding hydrogens is 226 g/mol. The largest absolute Gasteiger partial charge is 0.241 e. The van der Waals surface area contributed by atoms with Crippen LogP contribution in [0.1, 0.15) is 6.42 Å². The normalized spacial score (nSPS) is 10.7. The average Bonchev–Trinajstić information content (AvgIpc) is 2.29. The second kappa shape index (κ2) is 5.38. The highest BCUT2D eigenvalue weighted by Gasteiger charge is 1.97. The molecule has 15 heavy (non-hydrogen) atoms. The van der Waals surface area contributed by atoms with Crippen LogP contribution >= 0.6 is 23.4 Å². The van der Waals surface area contributed by atoms with Gasteiger partial charge in [-0.1, -0.05) is 24.3 Å². The summed E-state index contributed by atoms with van der Waals surface area (Å²) in [4.78, 5) is 4.57. The van der Waals surface area contributed by atoms with Crippen LogP contribution in [0.3, 0.4) is 0 Å². The molecule has 0 fully saturated rings. The third-order valence-corrected chi connectivity index (χ3v) is 3.38. The molecule has 0 aliphatic carbocycles. The topological polar surface area (TPSA) is 12.9 Å². The van der Waals surface area contributed by atoms with E-state index in [0.29, 0.717) is 0 Å². The highest BCUT2D eigenvalue weighted by Crippen LogP contribution is 2.20. The van der Waals surface area contributed by atoms with E-state index in [1.807, 2.05) is 18.2 Å². The molecule has 0 bridgehead atoms. The molecule has 1 aromatic heterocycles. The van der Waals surface area contributed by atoms with Crippen LogP contribution in [-0.4, -0.2) is 16.6 Å². The smallest absolute Gasteiger partial charge is 0.0967 e. The minimum Gasteiger partial charge on any atom is -0.241 e. The van der Waals surface area contributed by atoms with Crippen LogP contribution in [0, 0.1) is 0 Å². The molecule has 1 nitrogen and oxygen atoms in total. The summed E-state index contributed by atoms with van der Waals surface area (Å²) < 4.78 is 0. The minimum absolute atomic E-state index is 0.723. The van der Waals surface area contributed by atoms with E-state index in [1.165, 1.54) is 5.39 Å². The molecule has 2 aromatic rings. The van der Waals surface area contributed by atoms with Gasteiger partial charge < -0.3 is 0 Å². The lowest BCUT2D eigenvalue weighted by molar-refractivity contribution is 1.10. The predicted octanol–water partition coefficient (Wildman–Crippen LogP) is 3.96. The van der Waals surface area contributed by atoms with Gasteiger partial charge in [-0.25, -0.2) is 4.98 Å². The first-order chi connectivity index (χ1) is 7.40. The Morgan fingerprint density at radius 3 is 2.87 bits per heavy atom. The molecule has 0 aliphatic rings. The molecule has 1 aromatic carbocycles. The van der Waals surface area contributed by atoms with Gasteiger partial charge in [-0.05, 0) is 18.6 Å². The van der Waals surface area contributed by atoms with Crippen molar-refractivity contribution in [1.29, 1.82) is 0 Å². The van der Waals surface area contributed by atoms with E-state index in [9.17, 15) is 0 Å². The first-order valence-electron chi connectivity index (χ1n) is 4.95. The van der Waals surface area contributed by atoms with Crippen LogP contribution in [0.2, 0.25) is 0 Å². The summed E-state index contributed by atoms with van der Waals surface area (Å²) in [5.74, 6) is 1.76. The standard InChI is InChI=1S/C12H12ClNS/c13-8-3-9-15-12-7-6-10-4-1-2-5-11(10)14-12/h1-2,4-7H,3,8-9H2. The highest BCUT2D eigenvalue weighted by atomic mass is 35.5. The van der Waals surface area contributed by atoms with Crippen LogP contribution < -0.4 is 0 Å². The minimum atomic E-state index is 0.723. The zero-order valence-electron chi connectivity index (χ0n) is 8.32. The van der Waals surface area contributed by atoms with Crippen molar-refractivity contribution in [3.63, 3.8) is 0 Å². The van der Waals surface area contributed by atoms with Gasteiger partial charge in [-0.2, -0.15) is 0 Å². The maximum Gasteiger partial charge on any atom is 0.0967 e. The van der Waals surface area contributed by atoms with E-state index in [1.54, 1.807) is 11.8 Å². The molecule has 0 N–H and O–H groups in total. The van der Waals surface area contributed by atoms with E-state index in [4.69, 9.17) is 11.6 Å². The van der Waals surface area contributed by atoms with Gasteiger partial charge in [0.05, 0.1) is 10.5 Å². The molecule has 2 rings (SSSR count). The van der Waals surface area contributed by atoms with Gasteiger partial charge in [-0.3, -0.25) is 0 Å². The number of hydrogen-bond donors (Lipinski definition) is 0. The average molecular weight is 238 g/mol. The first kappa shape index (κ1) is 10.8. The molecule has 0 amide bonds. The number of halogens is 1. The number of aromatic nitrogens is 1. The summed E-state index contributed by atoms with van der Waals surface area (Å²) in [5.41, 5.74) is 1.06. The second-order valence-electron chi connectivity index (χ2n) is 3.23. The first-order valence-corrected chi connectivity index (χ1v) is 6.47. The summed E-state index contributed by atoms with van der Waals surface area (Å²) in [6, 6.07) is 12.4. The van der Waals surface area contributed by atoms with E-state index in [0.717, 1.165) is 28.6 Å².